The van der Waals surface area contributed by atoms with E-state index in [1.807, 2.05) is 26.8 Å². The summed E-state index contributed by atoms with van der Waals surface area (Å²) in [6.07, 6.45) is 0.825. The van der Waals surface area contributed by atoms with Crippen LogP contribution in [0.3, 0.4) is 0 Å². The Morgan fingerprint density at radius 1 is 1.15 bits per heavy atom. The molecule has 1 aromatic carbocycles. The molecular weight excluding hydrogens is 344 g/mol. The van der Waals surface area contributed by atoms with Crippen molar-refractivity contribution in [1.29, 1.82) is 5.26 Å². The number of hydrogen-bond acceptors (Lipinski definition) is 5. The minimum absolute atomic E-state index is 0.00595. The smallest absolute Gasteiger partial charge is 0.260 e. The van der Waals surface area contributed by atoms with Gasteiger partial charge in [0.15, 0.2) is 6.61 Å². The van der Waals surface area contributed by atoms with E-state index in [0.717, 1.165) is 13.0 Å². The fourth-order valence-electron chi connectivity index (χ4n) is 2.90. The van der Waals surface area contributed by atoms with E-state index in [-0.39, 0.29) is 24.0 Å². The highest BCUT2D eigenvalue weighted by Crippen LogP contribution is 2.12. The molecule has 2 rings (SSSR count). The summed E-state index contributed by atoms with van der Waals surface area (Å²) in [5.74, 6) is 0.504. The fraction of sp³-hybridized carbons (Fsp3) is 0.550. The van der Waals surface area contributed by atoms with Crippen molar-refractivity contribution in [2.75, 3.05) is 39.3 Å². The molecule has 1 fully saturated rings. The Hall–Kier alpha value is -2.59. The molecule has 0 unspecified atom stereocenters. The van der Waals surface area contributed by atoms with Gasteiger partial charge in [-0.3, -0.25) is 14.5 Å². The summed E-state index contributed by atoms with van der Waals surface area (Å²) in [6, 6.07) is 8.73. The molecule has 0 spiro atoms. The Morgan fingerprint density at radius 3 is 2.48 bits per heavy atom. The summed E-state index contributed by atoms with van der Waals surface area (Å²) in [5.41, 5.74) is 0.310. The van der Waals surface area contributed by atoms with Crippen molar-refractivity contribution in [3.05, 3.63) is 29.8 Å². The van der Waals surface area contributed by atoms with Gasteiger partial charge in [-0.2, -0.15) is 5.26 Å². The molecule has 146 valence electrons. The number of rotatable bonds is 5. The van der Waals surface area contributed by atoms with Gasteiger partial charge in [-0.05, 0) is 51.5 Å². The third-order valence-corrected chi connectivity index (χ3v) is 4.17. The minimum Gasteiger partial charge on any atom is -0.484 e. The van der Waals surface area contributed by atoms with Gasteiger partial charge in [-0.15, -0.1) is 0 Å². The van der Waals surface area contributed by atoms with Crippen LogP contribution in [-0.2, 0) is 9.59 Å². The molecule has 1 aromatic rings. The van der Waals surface area contributed by atoms with Crippen molar-refractivity contribution in [3.63, 3.8) is 0 Å². The lowest BCUT2D eigenvalue weighted by molar-refractivity contribution is -0.133. The standard InChI is InChI=1S/C20H28N4O3/c1-20(2,3)22-18(25)14-23-9-4-10-24(12-11-23)19(26)15-27-17-7-5-16(13-21)6-8-17/h5-8H,4,9-12,14-15H2,1-3H3,(H,22,25). The second kappa shape index (κ2) is 9.38. The molecule has 0 aliphatic carbocycles. The van der Waals surface area contributed by atoms with E-state index in [9.17, 15) is 9.59 Å². The second-order valence-corrected chi connectivity index (χ2v) is 7.73. The lowest BCUT2D eigenvalue weighted by Gasteiger charge is -2.25. The largest absolute Gasteiger partial charge is 0.484 e. The van der Waals surface area contributed by atoms with Crippen LogP contribution in [0.25, 0.3) is 0 Å². The minimum atomic E-state index is -0.242. The number of nitrogens with zero attached hydrogens (tertiary/aromatic N) is 3. The predicted molar refractivity (Wildman–Crippen MR) is 102 cm³/mol. The Labute approximate surface area is 160 Å². The van der Waals surface area contributed by atoms with E-state index in [0.29, 0.717) is 37.5 Å². The Morgan fingerprint density at radius 2 is 1.85 bits per heavy atom. The monoisotopic (exact) mass is 372 g/mol. The first-order valence-corrected chi connectivity index (χ1v) is 9.21. The number of nitriles is 1. The molecule has 2 amide bonds. The normalized spacial score (nSPS) is 15.6. The fourth-order valence-corrected chi connectivity index (χ4v) is 2.90. The van der Waals surface area contributed by atoms with Gasteiger partial charge in [0, 0.05) is 31.7 Å². The van der Waals surface area contributed by atoms with Gasteiger partial charge in [-0.1, -0.05) is 0 Å². The maximum Gasteiger partial charge on any atom is 0.260 e. The summed E-state index contributed by atoms with van der Waals surface area (Å²) in [4.78, 5) is 28.4. The van der Waals surface area contributed by atoms with Crippen molar-refractivity contribution < 1.29 is 14.3 Å². The Kier molecular flexibility index (Phi) is 7.19. The number of nitrogens with one attached hydrogen (secondary N) is 1. The number of benzene rings is 1. The average Bonchev–Trinajstić information content (AvgIpc) is 2.84. The average molecular weight is 372 g/mol. The van der Waals surface area contributed by atoms with Crippen LogP contribution in [0.1, 0.15) is 32.8 Å². The molecule has 0 atom stereocenters. The molecule has 1 aliphatic rings. The van der Waals surface area contributed by atoms with E-state index < -0.39 is 0 Å². The number of carbonyl (C=O) groups is 2. The first-order chi connectivity index (χ1) is 12.8. The van der Waals surface area contributed by atoms with Crippen molar-refractivity contribution in [3.8, 4) is 11.8 Å². The van der Waals surface area contributed by atoms with Crippen molar-refractivity contribution in [1.82, 2.24) is 15.1 Å². The van der Waals surface area contributed by atoms with E-state index in [1.54, 1.807) is 29.2 Å². The van der Waals surface area contributed by atoms with E-state index in [2.05, 4.69) is 10.2 Å². The summed E-state index contributed by atoms with van der Waals surface area (Å²) in [5, 5.41) is 11.8. The number of hydrogen-bond donors (Lipinski definition) is 1. The van der Waals surface area contributed by atoms with Crippen molar-refractivity contribution in [2.45, 2.75) is 32.7 Å². The van der Waals surface area contributed by atoms with Crippen LogP contribution in [-0.4, -0.2) is 66.5 Å². The molecule has 1 N–H and O–H groups in total. The molecule has 1 aliphatic heterocycles. The van der Waals surface area contributed by atoms with E-state index in [4.69, 9.17) is 10.00 Å². The molecule has 27 heavy (non-hydrogen) atoms. The van der Waals surface area contributed by atoms with Crippen LogP contribution in [0.15, 0.2) is 24.3 Å². The third kappa shape index (κ3) is 7.27. The highest BCUT2D eigenvalue weighted by molar-refractivity contribution is 5.79. The molecule has 0 radical (unpaired) electrons. The van der Waals surface area contributed by atoms with Gasteiger partial charge in [0.2, 0.25) is 5.91 Å². The van der Waals surface area contributed by atoms with Gasteiger partial charge >= 0.3 is 0 Å². The SMILES string of the molecule is CC(C)(C)NC(=O)CN1CCCN(C(=O)COc2ccc(C#N)cc2)CC1. The topological polar surface area (TPSA) is 85.7 Å². The van der Waals surface area contributed by atoms with Crippen LogP contribution in [0, 0.1) is 11.3 Å². The summed E-state index contributed by atoms with van der Waals surface area (Å²) < 4.78 is 5.53. The molecule has 0 bridgehead atoms. The third-order valence-electron chi connectivity index (χ3n) is 4.17. The first-order valence-electron chi connectivity index (χ1n) is 9.21. The molecule has 1 heterocycles. The molecular formula is C20H28N4O3. The second-order valence-electron chi connectivity index (χ2n) is 7.73. The maximum absolute atomic E-state index is 12.4. The van der Waals surface area contributed by atoms with Crippen LogP contribution in [0.4, 0.5) is 0 Å². The van der Waals surface area contributed by atoms with Crippen LogP contribution in [0.2, 0.25) is 0 Å². The van der Waals surface area contributed by atoms with Gasteiger partial charge in [0.05, 0.1) is 18.2 Å². The van der Waals surface area contributed by atoms with Crippen molar-refractivity contribution >= 4 is 11.8 Å². The Balaban J connectivity index is 1.78. The Bertz CT molecular complexity index is 689. The van der Waals surface area contributed by atoms with Crippen LogP contribution in [0.5, 0.6) is 5.75 Å². The van der Waals surface area contributed by atoms with Gasteiger partial charge in [0.1, 0.15) is 5.75 Å². The highest BCUT2D eigenvalue weighted by Gasteiger charge is 2.22. The summed E-state index contributed by atoms with van der Waals surface area (Å²) in [6.45, 7) is 8.89. The summed E-state index contributed by atoms with van der Waals surface area (Å²) in [7, 11) is 0. The molecule has 1 saturated heterocycles. The quantitative estimate of drug-likeness (QED) is 0.844. The predicted octanol–water partition coefficient (Wildman–Crippen LogP) is 1.39. The summed E-state index contributed by atoms with van der Waals surface area (Å²) >= 11 is 0. The molecule has 0 saturated carbocycles. The van der Waals surface area contributed by atoms with E-state index >= 15 is 0 Å². The van der Waals surface area contributed by atoms with E-state index in [1.165, 1.54) is 0 Å². The van der Waals surface area contributed by atoms with Gasteiger partial charge in [0.25, 0.3) is 5.91 Å². The lowest BCUT2D eigenvalue weighted by atomic mass is 10.1. The van der Waals surface area contributed by atoms with Crippen LogP contribution >= 0.6 is 0 Å². The number of carbonyl (C=O) groups excluding carboxylic acids is 2. The zero-order valence-corrected chi connectivity index (χ0v) is 16.3. The highest BCUT2D eigenvalue weighted by atomic mass is 16.5. The van der Waals surface area contributed by atoms with Crippen molar-refractivity contribution in [2.24, 2.45) is 0 Å². The molecule has 0 aromatic heterocycles. The van der Waals surface area contributed by atoms with Crippen LogP contribution < -0.4 is 10.1 Å². The molecule has 7 nitrogen and oxygen atoms in total. The van der Waals surface area contributed by atoms with Gasteiger partial charge < -0.3 is 15.0 Å². The number of amides is 2. The zero-order valence-electron chi connectivity index (χ0n) is 16.3. The zero-order chi connectivity index (χ0) is 19.9. The van der Waals surface area contributed by atoms with Gasteiger partial charge in [-0.25, -0.2) is 0 Å². The maximum atomic E-state index is 12.4. The number of ether oxygens (including phenoxy) is 1. The first kappa shape index (κ1) is 20.7. The molecule has 7 heteroatoms. The lowest BCUT2D eigenvalue weighted by Crippen LogP contribution is -2.46.